The molecule has 6 heteroatoms. The molecule has 0 radical (unpaired) electrons. The summed E-state index contributed by atoms with van der Waals surface area (Å²) in [6, 6.07) is 4.64. The van der Waals surface area contributed by atoms with Crippen molar-refractivity contribution in [3.8, 4) is 10.7 Å². The molecule has 1 aliphatic rings. The molecule has 0 unspecified atom stereocenters. The molecule has 1 fully saturated rings. The molecule has 20 heavy (non-hydrogen) atoms. The van der Waals surface area contributed by atoms with Crippen molar-refractivity contribution in [1.82, 2.24) is 20.4 Å². The Balaban J connectivity index is 1.66. The van der Waals surface area contributed by atoms with Gasteiger partial charge in [-0.25, -0.2) is 0 Å². The van der Waals surface area contributed by atoms with Crippen molar-refractivity contribution < 1.29 is 4.52 Å². The van der Waals surface area contributed by atoms with Crippen LogP contribution in [0.15, 0.2) is 22.0 Å². The summed E-state index contributed by atoms with van der Waals surface area (Å²) in [5.41, 5.74) is 0. The van der Waals surface area contributed by atoms with Crippen LogP contribution in [0.2, 0.25) is 0 Å². The maximum absolute atomic E-state index is 5.40. The molecule has 0 amide bonds. The summed E-state index contributed by atoms with van der Waals surface area (Å²) < 4.78 is 5.40. The Kier molecular flexibility index (Phi) is 4.44. The zero-order chi connectivity index (χ0) is 13.8. The normalized spacial score (nSPS) is 16.9. The van der Waals surface area contributed by atoms with Gasteiger partial charge in [-0.2, -0.15) is 4.98 Å². The first kappa shape index (κ1) is 13.7. The van der Waals surface area contributed by atoms with E-state index in [4.69, 9.17) is 4.52 Å². The molecule has 0 spiro atoms. The van der Waals surface area contributed by atoms with Crippen LogP contribution in [-0.4, -0.2) is 40.7 Å². The third kappa shape index (κ3) is 3.08. The van der Waals surface area contributed by atoms with E-state index < -0.39 is 0 Å². The van der Waals surface area contributed by atoms with Crippen LogP contribution in [0.4, 0.5) is 0 Å². The van der Waals surface area contributed by atoms with Crippen LogP contribution in [0.3, 0.4) is 0 Å². The standard InChI is InChI=1S/C14H20N4OS/c1-2-18(11-5-7-15-8-6-11)10-13-16-14(17-19-13)12-4-3-9-20-12/h3-4,9,11,15H,2,5-8,10H2,1H3. The van der Waals surface area contributed by atoms with Crippen LogP contribution in [0.1, 0.15) is 25.7 Å². The van der Waals surface area contributed by atoms with E-state index in [9.17, 15) is 0 Å². The van der Waals surface area contributed by atoms with Gasteiger partial charge in [-0.1, -0.05) is 18.1 Å². The molecule has 0 aliphatic carbocycles. The van der Waals surface area contributed by atoms with Crippen molar-refractivity contribution in [1.29, 1.82) is 0 Å². The van der Waals surface area contributed by atoms with Crippen molar-refractivity contribution in [3.63, 3.8) is 0 Å². The van der Waals surface area contributed by atoms with Crippen LogP contribution in [0, 0.1) is 0 Å². The van der Waals surface area contributed by atoms with Gasteiger partial charge in [-0.05, 0) is 43.9 Å². The fourth-order valence-corrected chi connectivity index (χ4v) is 3.32. The highest BCUT2D eigenvalue weighted by Gasteiger charge is 2.22. The van der Waals surface area contributed by atoms with Crippen LogP contribution in [-0.2, 0) is 6.54 Å². The number of piperidine rings is 1. The topological polar surface area (TPSA) is 54.2 Å². The summed E-state index contributed by atoms with van der Waals surface area (Å²) in [4.78, 5) is 8.01. The highest BCUT2D eigenvalue weighted by atomic mass is 32.1. The van der Waals surface area contributed by atoms with E-state index in [2.05, 4.69) is 27.3 Å². The lowest BCUT2D eigenvalue weighted by molar-refractivity contribution is 0.144. The average Bonchev–Trinajstić information content (AvgIpc) is 3.16. The minimum Gasteiger partial charge on any atom is -0.338 e. The van der Waals surface area contributed by atoms with E-state index in [1.165, 1.54) is 12.8 Å². The van der Waals surface area contributed by atoms with E-state index in [1.54, 1.807) is 11.3 Å². The second-order valence-electron chi connectivity index (χ2n) is 5.03. The quantitative estimate of drug-likeness (QED) is 0.917. The maximum Gasteiger partial charge on any atom is 0.241 e. The monoisotopic (exact) mass is 292 g/mol. The Labute approximate surface area is 123 Å². The number of hydrogen-bond acceptors (Lipinski definition) is 6. The molecule has 2 aromatic rings. The molecular formula is C14H20N4OS. The molecule has 0 atom stereocenters. The largest absolute Gasteiger partial charge is 0.338 e. The van der Waals surface area contributed by atoms with E-state index >= 15 is 0 Å². The molecule has 3 rings (SSSR count). The SMILES string of the molecule is CCN(Cc1nc(-c2cccs2)no1)C1CCNCC1. The van der Waals surface area contributed by atoms with Crippen LogP contribution in [0.25, 0.3) is 10.7 Å². The van der Waals surface area contributed by atoms with Gasteiger partial charge in [0.15, 0.2) is 0 Å². The summed E-state index contributed by atoms with van der Waals surface area (Å²) in [6.45, 7) is 6.16. The third-order valence-electron chi connectivity index (χ3n) is 3.78. The van der Waals surface area contributed by atoms with Gasteiger partial charge in [0.05, 0.1) is 11.4 Å². The summed E-state index contributed by atoms with van der Waals surface area (Å²) in [6.07, 6.45) is 2.39. The van der Waals surface area contributed by atoms with E-state index in [0.29, 0.717) is 17.8 Å². The van der Waals surface area contributed by atoms with Crippen molar-refractivity contribution in [2.75, 3.05) is 19.6 Å². The van der Waals surface area contributed by atoms with Crippen LogP contribution < -0.4 is 5.32 Å². The maximum atomic E-state index is 5.40. The van der Waals surface area contributed by atoms with Gasteiger partial charge in [-0.3, -0.25) is 4.90 Å². The summed E-state index contributed by atoms with van der Waals surface area (Å²) >= 11 is 1.64. The number of nitrogens with one attached hydrogen (secondary N) is 1. The van der Waals surface area contributed by atoms with Crippen molar-refractivity contribution in [2.24, 2.45) is 0 Å². The second kappa shape index (κ2) is 6.47. The molecule has 2 aromatic heterocycles. The molecular weight excluding hydrogens is 272 g/mol. The van der Waals surface area contributed by atoms with E-state index in [1.807, 2.05) is 17.5 Å². The molecule has 1 N–H and O–H groups in total. The van der Waals surface area contributed by atoms with Gasteiger partial charge < -0.3 is 9.84 Å². The molecule has 5 nitrogen and oxygen atoms in total. The lowest BCUT2D eigenvalue weighted by Gasteiger charge is -2.32. The Bertz CT molecular complexity index is 519. The molecule has 1 saturated heterocycles. The molecule has 3 heterocycles. The fraction of sp³-hybridized carbons (Fsp3) is 0.571. The number of rotatable bonds is 5. The molecule has 108 valence electrons. The van der Waals surface area contributed by atoms with Crippen LogP contribution >= 0.6 is 11.3 Å². The van der Waals surface area contributed by atoms with Gasteiger partial charge in [-0.15, -0.1) is 11.3 Å². The summed E-state index contributed by atoms with van der Waals surface area (Å²) in [5, 5.41) is 9.51. The Hall–Kier alpha value is -1.24. The number of nitrogens with zero attached hydrogens (tertiary/aromatic N) is 3. The average molecular weight is 292 g/mol. The lowest BCUT2D eigenvalue weighted by Crippen LogP contribution is -2.42. The number of aromatic nitrogens is 2. The summed E-state index contributed by atoms with van der Waals surface area (Å²) in [5.74, 6) is 1.42. The highest BCUT2D eigenvalue weighted by Crippen LogP contribution is 2.22. The molecule has 0 saturated carbocycles. The predicted octanol–water partition coefficient (Wildman–Crippen LogP) is 2.37. The zero-order valence-corrected chi connectivity index (χ0v) is 12.5. The molecule has 1 aliphatic heterocycles. The third-order valence-corrected chi connectivity index (χ3v) is 4.65. The Morgan fingerprint density at radius 3 is 3.00 bits per heavy atom. The van der Waals surface area contributed by atoms with Gasteiger partial charge in [0.2, 0.25) is 11.7 Å². The molecule has 0 aromatic carbocycles. The number of hydrogen-bond donors (Lipinski definition) is 1. The highest BCUT2D eigenvalue weighted by molar-refractivity contribution is 7.13. The van der Waals surface area contributed by atoms with E-state index in [0.717, 1.165) is 31.1 Å². The first-order valence-corrected chi connectivity index (χ1v) is 8.06. The smallest absolute Gasteiger partial charge is 0.241 e. The van der Waals surface area contributed by atoms with Gasteiger partial charge in [0.1, 0.15) is 0 Å². The van der Waals surface area contributed by atoms with Gasteiger partial charge >= 0.3 is 0 Å². The van der Waals surface area contributed by atoms with Gasteiger partial charge in [0.25, 0.3) is 0 Å². The Morgan fingerprint density at radius 1 is 1.45 bits per heavy atom. The van der Waals surface area contributed by atoms with E-state index in [-0.39, 0.29) is 0 Å². The minimum atomic E-state index is 0.623. The van der Waals surface area contributed by atoms with Gasteiger partial charge in [0, 0.05) is 6.04 Å². The Morgan fingerprint density at radius 2 is 2.30 bits per heavy atom. The minimum absolute atomic E-state index is 0.623. The predicted molar refractivity (Wildman–Crippen MR) is 79.6 cm³/mol. The van der Waals surface area contributed by atoms with Crippen molar-refractivity contribution >= 4 is 11.3 Å². The first-order valence-electron chi connectivity index (χ1n) is 7.18. The van der Waals surface area contributed by atoms with Crippen molar-refractivity contribution in [3.05, 3.63) is 23.4 Å². The molecule has 0 bridgehead atoms. The number of thiophene rings is 1. The summed E-state index contributed by atoms with van der Waals surface area (Å²) in [7, 11) is 0. The van der Waals surface area contributed by atoms with Crippen LogP contribution in [0.5, 0.6) is 0 Å². The van der Waals surface area contributed by atoms with Crippen molar-refractivity contribution in [2.45, 2.75) is 32.4 Å². The fourth-order valence-electron chi connectivity index (χ4n) is 2.67. The lowest BCUT2D eigenvalue weighted by atomic mass is 10.0. The zero-order valence-electron chi connectivity index (χ0n) is 11.7. The second-order valence-corrected chi connectivity index (χ2v) is 5.98. The first-order chi connectivity index (χ1) is 9.86.